The van der Waals surface area contributed by atoms with E-state index in [2.05, 4.69) is 13.8 Å². The smallest absolute Gasteiger partial charge is 0.228 e. The Kier molecular flexibility index (Phi) is 7.37. The molecule has 2 aromatic carbocycles. The van der Waals surface area contributed by atoms with Gasteiger partial charge in [0.25, 0.3) is 0 Å². The molecule has 2 aliphatic rings. The van der Waals surface area contributed by atoms with Gasteiger partial charge in [-0.2, -0.15) is 5.10 Å². The number of ether oxygens (including phenoxy) is 2. The first kappa shape index (κ1) is 24.5. The first-order valence-electron chi connectivity index (χ1n) is 13.0. The fourth-order valence-electron chi connectivity index (χ4n) is 4.91. The maximum absolute atomic E-state index is 14.7. The Hall–Kier alpha value is -3.19. The molecule has 36 heavy (non-hydrogen) atoms. The molecular formula is C29H34FN3O3. The molecule has 1 saturated heterocycles. The van der Waals surface area contributed by atoms with Gasteiger partial charge in [0.1, 0.15) is 0 Å². The Morgan fingerprint density at radius 2 is 1.86 bits per heavy atom. The molecule has 2 heterocycles. The van der Waals surface area contributed by atoms with Crippen LogP contribution in [-0.4, -0.2) is 39.8 Å². The molecular weight excluding hydrogens is 457 g/mol. The van der Waals surface area contributed by atoms with Crippen LogP contribution in [0.2, 0.25) is 0 Å². The number of hydrogen-bond donors (Lipinski definition) is 0. The summed E-state index contributed by atoms with van der Waals surface area (Å²) in [6.45, 7) is 5.78. The van der Waals surface area contributed by atoms with Gasteiger partial charge in [-0.25, -0.2) is 9.07 Å². The van der Waals surface area contributed by atoms with Crippen LogP contribution in [0.3, 0.4) is 0 Å². The molecule has 1 aromatic heterocycles. The monoisotopic (exact) mass is 491 g/mol. The summed E-state index contributed by atoms with van der Waals surface area (Å²) in [6, 6.07) is 16.1. The maximum atomic E-state index is 14.7. The normalized spacial score (nSPS) is 17.8. The minimum atomic E-state index is -0.447. The number of hydrogen-bond acceptors (Lipinski definition) is 4. The average Bonchev–Trinajstić information content (AvgIpc) is 3.48. The number of benzene rings is 2. The number of amides is 1. The molecule has 0 spiro atoms. The van der Waals surface area contributed by atoms with Crippen molar-refractivity contribution in [1.82, 2.24) is 14.7 Å². The molecule has 0 bridgehead atoms. The minimum Gasteiger partial charge on any atom is -0.435 e. The van der Waals surface area contributed by atoms with E-state index in [9.17, 15) is 9.18 Å². The van der Waals surface area contributed by atoms with Gasteiger partial charge in [0.15, 0.2) is 11.6 Å². The van der Waals surface area contributed by atoms with E-state index in [0.717, 1.165) is 55.7 Å². The standard InChI is InChI=1S/C29H34FN3O3/c1-20(2)27-24(19-32(18-23-14-9-17-35-23)28(34)21-10-8-11-21)29(36-26-16-7-6-15-25(26)30)33(31-27)22-12-4-3-5-13-22/h3-7,12-13,15-16,20-21,23H,8-11,14,17-19H2,1-2H3/t23-/m1/s1. The molecule has 0 radical (unpaired) electrons. The molecule has 3 aromatic rings. The zero-order valence-electron chi connectivity index (χ0n) is 21.0. The second-order valence-corrected chi connectivity index (χ2v) is 10.1. The number of halogens is 1. The van der Waals surface area contributed by atoms with Gasteiger partial charge in [-0.05, 0) is 55.9 Å². The highest BCUT2D eigenvalue weighted by atomic mass is 19.1. The summed E-state index contributed by atoms with van der Waals surface area (Å²) in [5, 5.41) is 4.93. The summed E-state index contributed by atoms with van der Waals surface area (Å²) in [6.07, 6.45) is 4.96. The third kappa shape index (κ3) is 5.16. The summed E-state index contributed by atoms with van der Waals surface area (Å²) in [7, 11) is 0. The van der Waals surface area contributed by atoms with E-state index in [1.165, 1.54) is 6.07 Å². The quantitative estimate of drug-likeness (QED) is 0.356. The van der Waals surface area contributed by atoms with Crippen LogP contribution >= 0.6 is 0 Å². The van der Waals surface area contributed by atoms with E-state index in [4.69, 9.17) is 14.6 Å². The van der Waals surface area contributed by atoms with E-state index in [-0.39, 0.29) is 29.6 Å². The van der Waals surface area contributed by atoms with E-state index < -0.39 is 5.82 Å². The van der Waals surface area contributed by atoms with Gasteiger partial charge in [-0.3, -0.25) is 4.79 Å². The van der Waals surface area contributed by atoms with E-state index in [0.29, 0.717) is 19.0 Å². The molecule has 7 heteroatoms. The molecule has 2 fully saturated rings. The number of aromatic nitrogens is 2. The Morgan fingerprint density at radius 3 is 2.50 bits per heavy atom. The van der Waals surface area contributed by atoms with Crippen LogP contribution in [0, 0.1) is 11.7 Å². The van der Waals surface area contributed by atoms with Crippen molar-refractivity contribution in [3.8, 4) is 17.3 Å². The van der Waals surface area contributed by atoms with Gasteiger partial charge in [-0.1, -0.05) is 50.6 Å². The van der Waals surface area contributed by atoms with Crippen LogP contribution in [-0.2, 0) is 16.1 Å². The zero-order chi connectivity index (χ0) is 25.1. The van der Waals surface area contributed by atoms with Crippen LogP contribution in [0.15, 0.2) is 54.6 Å². The lowest BCUT2D eigenvalue weighted by Gasteiger charge is -2.33. The molecule has 1 amide bonds. The Balaban J connectivity index is 1.58. The molecule has 190 valence electrons. The largest absolute Gasteiger partial charge is 0.435 e. The third-order valence-corrected chi connectivity index (χ3v) is 7.12. The topological polar surface area (TPSA) is 56.6 Å². The van der Waals surface area contributed by atoms with Gasteiger partial charge in [-0.15, -0.1) is 0 Å². The van der Waals surface area contributed by atoms with Crippen molar-refractivity contribution in [3.05, 3.63) is 71.7 Å². The van der Waals surface area contributed by atoms with Gasteiger partial charge < -0.3 is 14.4 Å². The van der Waals surface area contributed by atoms with Crippen LogP contribution in [0.1, 0.15) is 63.1 Å². The van der Waals surface area contributed by atoms with Crippen LogP contribution in [0.5, 0.6) is 11.6 Å². The molecule has 1 aliphatic carbocycles. The van der Waals surface area contributed by atoms with E-state index >= 15 is 0 Å². The molecule has 1 saturated carbocycles. The van der Waals surface area contributed by atoms with Gasteiger partial charge >= 0.3 is 0 Å². The zero-order valence-corrected chi connectivity index (χ0v) is 21.0. The van der Waals surface area contributed by atoms with Crippen LogP contribution in [0.4, 0.5) is 4.39 Å². The molecule has 6 nitrogen and oxygen atoms in total. The lowest BCUT2D eigenvalue weighted by atomic mass is 9.84. The number of nitrogens with zero attached hydrogens (tertiary/aromatic N) is 3. The second-order valence-electron chi connectivity index (χ2n) is 10.1. The highest BCUT2D eigenvalue weighted by Gasteiger charge is 2.34. The van der Waals surface area contributed by atoms with E-state index in [1.807, 2.05) is 35.2 Å². The molecule has 0 unspecified atom stereocenters. The first-order valence-corrected chi connectivity index (χ1v) is 13.0. The molecule has 1 aliphatic heterocycles. The fraction of sp³-hybridized carbons (Fsp3) is 0.448. The maximum Gasteiger partial charge on any atom is 0.228 e. The van der Waals surface area contributed by atoms with Crippen molar-refractivity contribution >= 4 is 5.91 Å². The Bertz CT molecular complexity index is 1180. The lowest BCUT2D eigenvalue weighted by Crippen LogP contribution is -2.42. The van der Waals surface area contributed by atoms with Crippen LogP contribution in [0.25, 0.3) is 5.69 Å². The van der Waals surface area contributed by atoms with Crippen LogP contribution < -0.4 is 4.74 Å². The summed E-state index contributed by atoms with van der Waals surface area (Å²) < 4.78 is 28.6. The number of carbonyl (C=O) groups is 1. The summed E-state index contributed by atoms with van der Waals surface area (Å²) in [5.41, 5.74) is 2.46. The fourth-order valence-corrected chi connectivity index (χ4v) is 4.91. The first-order chi connectivity index (χ1) is 17.5. The lowest BCUT2D eigenvalue weighted by molar-refractivity contribution is -0.140. The second kappa shape index (κ2) is 10.8. The SMILES string of the molecule is CC(C)c1nn(-c2ccccc2)c(Oc2ccccc2F)c1CN(C[C@H]1CCCO1)C(=O)C1CCC1. The summed E-state index contributed by atoms with van der Waals surface area (Å²) >= 11 is 0. The summed E-state index contributed by atoms with van der Waals surface area (Å²) in [5.74, 6) is 0.425. The molecule has 1 atom stereocenters. The third-order valence-electron chi connectivity index (χ3n) is 7.12. The van der Waals surface area contributed by atoms with Crippen molar-refractivity contribution in [3.63, 3.8) is 0 Å². The van der Waals surface area contributed by atoms with Gasteiger partial charge in [0.2, 0.25) is 11.8 Å². The number of carbonyl (C=O) groups excluding carboxylic acids is 1. The van der Waals surface area contributed by atoms with E-state index in [1.54, 1.807) is 22.9 Å². The predicted molar refractivity (Wildman–Crippen MR) is 136 cm³/mol. The minimum absolute atomic E-state index is 0.0385. The van der Waals surface area contributed by atoms with Crippen molar-refractivity contribution in [2.75, 3.05) is 13.2 Å². The number of rotatable bonds is 9. The Morgan fingerprint density at radius 1 is 1.11 bits per heavy atom. The van der Waals surface area contributed by atoms with Crippen molar-refractivity contribution in [2.24, 2.45) is 5.92 Å². The highest BCUT2D eigenvalue weighted by molar-refractivity contribution is 5.79. The predicted octanol–water partition coefficient (Wildman–Crippen LogP) is 6.23. The van der Waals surface area contributed by atoms with Gasteiger partial charge in [0.05, 0.1) is 29.6 Å². The highest BCUT2D eigenvalue weighted by Crippen LogP contribution is 2.37. The van der Waals surface area contributed by atoms with Gasteiger partial charge in [0, 0.05) is 19.1 Å². The van der Waals surface area contributed by atoms with Crippen molar-refractivity contribution in [2.45, 2.75) is 64.5 Å². The number of para-hydroxylation sites is 2. The molecule has 0 N–H and O–H groups in total. The average molecular weight is 492 g/mol. The Labute approximate surface area is 212 Å². The van der Waals surface area contributed by atoms with Crippen molar-refractivity contribution in [1.29, 1.82) is 0 Å². The van der Waals surface area contributed by atoms with Crippen molar-refractivity contribution < 1.29 is 18.7 Å². The summed E-state index contributed by atoms with van der Waals surface area (Å²) in [4.78, 5) is 15.5. The molecule has 5 rings (SSSR count).